The Kier molecular flexibility index (Phi) is 7.66. The minimum Gasteiger partial charge on any atom is -0.482 e. The fourth-order valence-corrected chi connectivity index (χ4v) is 4.50. The molecule has 9 heteroatoms. The van der Waals surface area contributed by atoms with Crippen LogP contribution in [-0.4, -0.2) is 75.1 Å². The van der Waals surface area contributed by atoms with E-state index < -0.39 is 22.0 Å². The van der Waals surface area contributed by atoms with Gasteiger partial charge in [-0.3, -0.25) is 9.69 Å². The summed E-state index contributed by atoms with van der Waals surface area (Å²) >= 11 is 0. The Morgan fingerprint density at radius 1 is 1.16 bits per heavy atom. The highest BCUT2D eigenvalue weighted by Gasteiger charge is 2.22. The molecule has 0 aliphatic carbocycles. The molecule has 2 N–H and O–H groups in total. The van der Waals surface area contributed by atoms with Crippen LogP contribution in [0.3, 0.4) is 0 Å². The number of rotatable bonds is 9. The zero-order valence-corrected chi connectivity index (χ0v) is 18.6. The van der Waals surface area contributed by atoms with Crippen LogP contribution < -0.4 is 10.1 Å². The minimum absolute atomic E-state index is 0.00165. The summed E-state index contributed by atoms with van der Waals surface area (Å²) in [7, 11) is -0.824. The summed E-state index contributed by atoms with van der Waals surface area (Å²) in [6.45, 7) is 1.85. The summed E-state index contributed by atoms with van der Waals surface area (Å²) in [5.74, 6) is -0.320. The van der Waals surface area contributed by atoms with E-state index in [1.54, 1.807) is 12.1 Å². The van der Waals surface area contributed by atoms with Crippen LogP contribution in [0.2, 0.25) is 0 Å². The van der Waals surface area contributed by atoms with Gasteiger partial charge in [0.25, 0.3) is 5.91 Å². The van der Waals surface area contributed by atoms with Crippen molar-refractivity contribution in [2.45, 2.75) is 24.0 Å². The molecule has 2 aromatic rings. The van der Waals surface area contributed by atoms with E-state index in [4.69, 9.17) is 4.74 Å². The maximum Gasteiger partial charge on any atom is 0.258 e. The van der Waals surface area contributed by atoms with Crippen molar-refractivity contribution in [2.75, 3.05) is 40.3 Å². The van der Waals surface area contributed by atoms with E-state index in [-0.39, 0.29) is 23.8 Å². The van der Waals surface area contributed by atoms with E-state index in [0.29, 0.717) is 6.54 Å². The second-order valence-corrected chi connectivity index (χ2v) is 9.85. The van der Waals surface area contributed by atoms with E-state index in [1.165, 1.54) is 37.4 Å². The van der Waals surface area contributed by atoms with Gasteiger partial charge in [-0.25, -0.2) is 12.7 Å². The number of benzene rings is 2. The number of carbonyl (C=O) groups is 1. The predicted molar refractivity (Wildman–Crippen MR) is 117 cm³/mol. The molecule has 2 aromatic carbocycles. The summed E-state index contributed by atoms with van der Waals surface area (Å²) in [6.07, 6.45) is 0.230. The molecule has 8 nitrogen and oxygen atoms in total. The monoisotopic (exact) mass is 447 g/mol. The molecule has 0 bridgehead atoms. The Morgan fingerprint density at radius 2 is 1.84 bits per heavy atom. The molecule has 1 amide bonds. The van der Waals surface area contributed by atoms with Gasteiger partial charge in [0.2, 0.25) is 10.0 Å². The molecule has 31 heavy (non-hydrogen) atoms. The molecule has 1 atom stereocenters. The molecular weight excluding hydrogens is 418 g/mol. The van der Waals surface area contributed by atoms with Gasteiger partial charge in [0, 0.05) is 40.3 Å². The summed E-state index contributed by atoms with van der Waals surface area (Å²) in [5, 5.41) is 13.0. The molecule has 0 radical (unpaired) electrons. The number of nitrogens with zero attached hydrogens (tertiary/aromatic N) is 2. The second kappa shape index (κ2) is 10.2. The topological polar surface area (TPSA) is 99.2 Å². The van der Waals surface area contributed by atoms with Crippen LogP contribution >= 0.6 is 0 Å². The first-order valence-corrected chi connectivity index (χ1v) is 11.6. The van der Waals surface area contributed by atoms with Gasteiger partial charge in [-0.15, -0.1) is 0 Å². The average Bonchev–Trinajstić information content (AvgIpc) is 2.76. The van der Waals surface area contributed by atoms with Crippen molar-refractivity contribution in [1.82, 2.24) is 14.5 Å². The first-order valence-electron chi connectivity index (χ1n) is 10.2. The lowest BCUT2D eigenvalue weighted by atomic mass is 10.00. The number of aliphatic hydroxyl groups is 1. The number of amides is 1. The zero-order valence-electron chi connectivity index (χ0n) is 17.8. The Morgan fingerprint density at radius 3 is 2.58 bits per heavy atom. The quantitative estimate of drug-likeness (QED) is 0.591. The Bertz CT molecular complexity index is 1010. The van der Waals surface area contributed by atoms with Crippen LogP contribution in [-0.2, 0) is 27.8 Å². The molecule has 0 spiro atoms. The van der Waals surface area contributed by atoms with Gasteiger partial charge < -0.3 is 15.2 Å². The molecule has 0 saturated heterocycles. The van der Waals surface area contributed by atoms with Crippen LogP contribution in [0, 0.1) is 0 Å². The summed E-state index contributed by atoms with van der Waals surface area (Å²) in [6, 6.07) is 14.5. The Balaban J connectivity index is 1.46. The van der Waals surface area contributed by atoms with Gasteiger partial charge >= 0.3 is 0 Å². The van der Waals surface area contributed by atoms with E-state index in [0.717, 1.165) is 23.8 Å². The molecule has 1 aliphatic heterocycles. The first kappa shape index (κ1) is 23.2. The highest BCUT2D eigenvalue weighted by molar-refractivity contribution is 7.89. The van der Waals surface area contributed by atoms with Gasteiger partial charge in [0.1, 0.15) is 10.6 Å². The van der Waals surface area contributed by atoms with Gasteiger partial charge in [-0.05, 0) is 29.7 Å². The molecule has 1 aliphatic rings. The summed E-state index contributed by atoms with van der Waals surface area (Å²) < 4.78 is 31.3. The third-order valence-corrected chi connectivity index (χ3v) is 7.03. The predicted octanol–water partition coefficient (Wildman–Crippen LogP) is 0.851. The molecule has 0 fully saturated rings. The number of nitrogens with one attached hydrogen (secondary N) is 1. The first-order chi connectivity index (χ1) is 14.8. The van der Waals surface area contributed by atoms with E-state index in [2.05, 4.69) is 22.3 Å². The van der Waals surface area contributed by atoms with Crippen LogP contribution in [0.5, 0.6) is 5.75 Å². The van der Waals surface area contributed by atoms with E-state index >= 15 is 0 Å². The minimum atomic E-state index is -3.69. The van der Waals surface area contributed by atoms with E-state index in [9.17, 15) is 18.3 Å². The fraction of sp³-hybridized carbons (Fsp3) is 0.409. The summed E-state index contributed by atoms with van der Waals surface area (Å²) in [5.41, 5.74) is 2.61. The number of aliphatic hydroxyl groups excluding tert-OH is 1. The number of ether oxygens (including phenoxy) is 1. The third kappa shape index (κ3) is 6.04. The number of fused-ring (bicyclic) bond motifs is 1. The maximum absolute atomic E-state index is 12.4. The zero-order chi connectivity index (χ0) is 22.4. The number of para-hydroxylation sites is 1. The normalized spacial score (nSPS) is 15.4. The fourth-order valence-electron chi connectivity index (χ4n) is 3.48. The van der Waals surface area contributed by atoms with Crippen molar-refractivity contribution in [2.24, 2.45) is 0 Å². The molecule has 3 rings (SSSR count). The van der Waals surface area contributed by atoms with Crippen molar-refractivity contribution in [3.63, 3.8) is 0 Å². The van der Waals surface area contributed by atoms with Crippen molar-refractivity contribution in [1.29, 1.82) is 0 Å². The molecule has 0 saturated carbocycles. The van der Waals surface area contributed by atoms with Crippen LogP contribution in [0.25, 0.3) is 0 Å². The number of sulfonamides is 1. The lowest BCUT2D eigenvalue weighted by Gasteiger charge is -2.30. The highest BCUT2D eigenvalue weighted by Crippen LogP contribution is 2.25. The van der Waals surface area contributed by atoms with Crippen LogP contribution in [0.15, 0.2) is 53.4 Å². The van der Waals surface area contributed by atoms with Gasteiger partial charge in [0.05, 0.1) is 6.10 Å². The van der Waals surface area contributed by atoms with Crippen molar-refractivity contribution < 1.29 is 23.1 Å². The molecule has 1 unspecified atom stereocenters. The molecular formula is C22H29N3O5S. The lowest BCUT2D eigenvalue weighted by molar-refractivity contribution is -0.123. The lowest BCUT2D eigenvalue weighted by Crippen LogP contribution is -2.42. The second-order valence-electron chi connectivity index (χ2n) is 7.73. The van der Waals surface area contributed by atoms with Crippen molar-refractivity contribution >= 4 is 15.9 Å². The number of hydrogen-bond acceptors (Lipinski definition) is 6. The number of β-amino-alcohol motifs (C(OH)–C–C–N with tert-alkyl or cyclic N) is 1. The molecule has 1 heterocycles. The summed E-state index contributed by atoms with van der Waals surface area (Å²) in [4.78, 5) is 14.3. The van der Waals surface area contributed by atoms with Crippen LogP contribution in [0.1, 0.15) is 11.1 Å². The average molecular weight is 448 g/mol. The molecule has 168 valence electrons. The highest BCUT2D eigenvalue weighted by atomic mass is 32.2. The Labute approximate surface area is 183 Å². The van der Waals surface area contributed by atoms with Gasteiger partial charge in [-0.1, -0.05) is 36.4 Å². The number of hydrogen-bond donors (Lipinski definition) is 2. The largest absolute Gasteiger partial charge is 0.482 e. The standard InChI is InChI=1S/C22H29N3O5S/c1-24(2)31(28,29)21-10-6-5-9-20(21)30-16-22(27)23-13-19(26)15-25-12-11-17-7-3-4-8-18(17)14-25/h3-10,19,26H,11-16H2,1-2H3,(H,23,27). The maximum atomic E-state index is 12.4. The van der Waals surface area contributed by atoms with E-state index in [1.807, 2.05) is 12.1 Å². The van der Waals surface area contributed by atoms with Crippen molar-refractivity contribution in [3.05, 3.63) is 59.7 Å². The smallest absolute Gasteiger partial charge is 0.258 e. The van der Waals surface area contributed by atoms with Crippen LogP contribution in [0.4, 0.5) is 0 Å². The SMILES string of the molecule is CN(C)S(=O)(=O)c1ccccc1OCC(=O)NCC(O)CN1CCc2ccccc2C1. The van der Waals surface area contributed by atoms with Gasteiger partial charge in [0.15, 0.2) is 6.61 Å². The van der Waals surface area contributed by atoms with Crippen molar-refractivity contribution in [3.8, 4) is 5.75 Å². The van der Waals surface area contributed by atoms with Gasteiger partial charge in [-0.2, -0.15) is 0 Å². The Hall–Kier alpha value is -2.46. The molecule has 0 aromatic heterocycles. The third-order valence-electron chi connectivity index (χ3n) is 5.18. The number of carbonyl (C=O) groups excluding carboxylic acids is 1.